The van der Waals surface area contributed by atoms with E-state index in [2.05, 4.69) is 5.32 Å². The maximum atomic E-state index is 12.4. The van der Waals surface area contributed by atoms with Crippen LogP contribution in [-0.4, -0.2) is 47.9 Å². The van der Waals surface area contributed by atoms with Gasteiger partial charge in [-0.05, 0) is 40.6 Å². The van der Waals surface area contributed by atoms with E-state index in [1.807, 2.05) is 83.4 Å². The number of nitrogens with zero attached hydrogens (tertiary/aromatic N) is 1. The molecule has 1 aliphatic heterocycles. The van der Waals surface area contributed by atoms with Crippen LogP contribution >= 0.6 is 11.8 Å². The van der Waals surface area contributed by atoms with Gasteiger partial charge in [0.05, 0.1) is 6.42 Å². The lowest BCUT2D eigenvalue weighted by Crippen LogP contribution is -2.38. The molecule has 1 heterocycles. The van der Waals surface area contributed by atoms with Gasteiger partial charge in [-0.2, -0.15) is 11.8 Å². The number of carbonyl (C=O) groups is 2. The Bertz CT molecular complexity index is 1030. The van der Waals surface area contributed by atoms with Crippen molar-refractivity contribution < 1.29 is 14.3 Å². The van der Waals surface area contributed by atoms with Crippen LogP contribution < -0.4 is 10.1 Å². The summed E-state index contributed by atoms with van der Waals surface area (Å²) in [6, 6.07) is 21.2. The summed E-state index contributed by atoms with van der Waals surface area (Å²) in [5.41, 5.74) is 1.64. The number of rotatable bonds is 6. The van der Waals surface area contributed by atoms with Crippen molar-refractivity contribution in [3.63, 3.8) is 0 Å². The first-order valence-electron chi connectivity index (χ1n) is 10.0. The van der Waals surface area contributed by atoms with Gasteiger partial charge in [0, 0.05) is 30.3 Å². The van der Waals surface area contributed by atoms with E-state index in [1.54, 1.807) is 0 Å². The Morgan fingerprint density at radius 1 is 0.933 bits per heavy atom. The number of benzene rings is 3. The minimum Gasteiger partial charge on any atom is -0.484 e. The van der Waals surface area contributed by atoms with E-state index in [4.69, 9.17) is 4.74 Å². The van der Waals surface area contributed by atoms with E-state index in [0.29, 0.717) is 17.9 Å². The van der Waals surface area contributed by atoms with Gasteiger partial charge in [0.15, 0.2) is 6.61 Å². The lowest BCUT2D eigenvalue weighted by atomic mass is 10.1. The summed E-state index contributed by atoms with van der Waals surface area (Å²) in [6.07, 6.45) is 0.393. The van der Waals surface area contributed by atoms with Gasteiger partial charge < -0.3 is 15.0 Å². The second-order valence-electron chi connectivity index (χ2n) is 7.21. The molecule has 1 aliphatic rings. The highest BCUT2D eigenvalue weighted by Gasteiger charge is 2.16. The standard InChI is InChI=1S/C24H24N2O3S/c27-23(17-29-22-10-7-19-3-1-2-4-20(19)16-22)25-21-8-5-18(6-9-21)15-24(28)26-11-13-30-14-12-26/h1-10,16H,11-15,17H2,(H,25,27). The molecule has 0 aromatic heterocycles. The van der Waals surface area contributed by atoms with Crippen molar-refractivity contribution in [2.75, 3.05) is 36.5 Å². The van der Waals surface area contributed by atoms with E-state index in [-0.39, 0.29) is 18.4 Å². The fourth-order valence-corrected chi connectivity index (χ4v) is 4.31. The number of anilines is 1. The fourth-order valence-electron chi connectivity index (χ4n) is 3.41. The Hall–Kier alpha value is -2.99. The molecule has 6 heteroatoms. The monoisotopic (exact) mass is 420 g/mol. The van der Waals surface area contributed by atoms with Crippen molar-refractivity contribution in [3.8, 4) is 5.75 Å². The molecule has 0 radical (unpaired) electrons. The summed E-state index contributed by atoms with van der Waals surface area (Å²) in [5.74, 6) is 2.62. The first-order valence-corrected chi connectivity index (χ1v) is 11.2. The summed E-state index contributed by atoms with van der Waals surface area (Å²) in [4.78, 5) is 26.5. The largest absolute Gasteiger partial charge is 0.484 e. The number of ether oxygens (including phenoxy) is 1. The van der Waals surface area contributed by atoms with Gasteiger partial charge in [0.1, 0.15) is 5.75 Å². The van der Waals surface area contributed by atoms with Crippen molar-refractivity contribution in [1.82, 2.24) is 4.90 Å². The van der Waals surface area contributed by atoms with Crippen LogP contribution in [0.1, 0.15) is 5.56 Å². The molecule has 30 heavy (non-hydrogen) atoms. The summed E-state index contributed by atoms with van der Waals surface area (Å²) >= 11 is 1.89. The average molecular weight is 421 g/mol. The van der Waals surface area contributed by atoms with Gasteiger partial charge in [-0.3, -0.25) is 9.59 Å². The lowest BCUT2D eigenvalue weighted by Gasteiger charge is -2.26. The van der Waals surface area contributed by atoms with E-state index >= 15 is 0 Å². The van der Waals surface area contributed by atoms with Crippen molar-refractivity contribution in [1.29, 1.82) is 0 Å². The molecule has 0 unspecified atom stereocenters. The molecule has 0 bridgehead atoms. The number of thioether (sulfide) groups is 1. The van der Waals surface area contributed by atoms with Gasteiger partial charge in [0.25, 0.3) is 5.91 Å². The zero-order valence-corrected chi connectivity index (χ0v) is 17.5. The number of fused-ring (bicyclic) bond motifs is 1. The number of hydrogen-bond acceptors (Lipinski definition) is 4. The molecule has 0 saturated carbocycles. The Balaban J connectivity index is 1.27. The van der Waals surface area contributed by atoms with Crippen LogP contribution in [0.3, 0.4) is 0 Å². The SMILES string of the molecule is O=C(COc1ccc2ccccc2c1)Nc1ccc(CC(=O)N2CCSCC2)cc1. The fraction of sp³-hybridized carbons (Fsp3) is 0.250. The summed E-state index contributed by atoms with van der Waals surface area (Å²) in [5, 5.41) is 5.04. The lowest BCUT2D eigenvalue weighted by molar-refractivity contribution is -0.130. The third-order valence-corrected chi connectivity index (χ3v) is 5.99. The molecule has 4 rings (SSSR count). The molecule has 1 saturated heterocycles. The molecular formula is C24H24N2O3S. The minimum atomic E-state index is -0.224. The van der Waals surface area contributed by atoms with Crippen molar-refractivity contribution in [3.05, 3.63) is 72.3 Å². The van der Waals surface area contributed by atoms with E-state index in [1.165, 1.54) is 0 Å². The van der Waals surface area contributed by atoms with E-state index in [0.717, 1.165) is 40.9 Å². The van der Waals surface area contributed by atoms with Crippen LogP contribution in [0, 0.1) is 0 Å². The maximum absolute atomic E-state index is 12.4. The first-order chi connectivity index (χ1) is 14.7. The molecule has 0 spiro atoms. The molecule has 0 aliphatic carbocycles. The highest BCUT2D eigenvalue weighted by molar-refractivity contribution is 7.99. The summed E-state index contributed by atoms with van der Waals surface area (Å²) in [6.45, 7) is 1.59. The number of amides is 2. The van der Waals surface area contributed by atoms with Crippen molar-refractivity contribution in [2.24, 2.45) is 0 Å². The predicted molar refractivity (Wildman–Crippen MR) is 122 cm³/mol. The van der Waals surface area contributed by atoms with E-state index < -0.39 is 0 Å². The number of nitrogens with one attached hydrogen (secondary N) is 1. The van der Waals surface area contributed by atoms with Crippen molar-refractivity contribution in [2.45, 2.75) is 6.42 Å². The molecular weight excluding hydrogens is 396 g/mol. The van der Waals surface area contributed by atoms with Crippen LogP contribution in [0.25, 0.3) is 10.8 Å². The maximum Gasteiger partial charge on any atom is 0.262 e. The molecule has 3 aromatic rings. The Labute approximate surface area is 180 Å². The molecule has 3 aromatic carbocycles. The second-order valence-corrected chi connectivity index (χ2v) is 8.44. The Morgan fingerprint density at radius 3 is 2.43 bits per heavy atom. The van der Waals surface area contributed by atoms with Gasteiger partial charge >= 0.3 is 0 Å². The van der Waals surface area contributed by atoms with Crippen LogP contribution in [-0.2, 0) is 16.0 Å². The Morgan fingerprint density at radius 2 is 1.67 bits per heavy atom. The molecule has 0 atom stereocenters. The van der Waals surface area contributed by atoms with Gasteiger partial charge in [-0.1, -0.05) is 42.5 Å². The molecule has 154 valence electrons. The quantitative estimate of drug-likeness (QED) is 0.655. The molecule has 1 fully saturated rings. The highest BCUT2D eigenvalue weighted by Crippen LogP contribution is 2.20. The number of carbonyl (C=O) groups excluding carboxylic acids is 2. The molecule has 1 N–H and O–H groups in total. The topological polar surface area (TPSA) is 58.6 Å². The van der Waals surface area contributed by atoms with Crippen LogP contribution in [0.5, 0.6) is 5.75 Å². The number of hydrogen-bond donors (Lipinski definition) is 1. The third-order valence-electron chi connectivity index (χ3n) is 5.05. The minimum absolute atomic E-state index is 0.0639. The van der Waals surface area contributed by atoms with Crippen LogP contribution in [0.2, 0.25) is 0 Å². The van der Waals surface area contributed by atoms with Gasteiger partial charge in [-0.15, -0.1) is 0 Å². The molecule has 2 amide bonds. The van der Waals surface area contributed by atoms with Crippen LogP contribution in [0.15, 0.2) is 66.7 Å². The summed E-state index contributed by atoms with van der Waals surface area (Å²) < 4.78 is 5.63. The van der Waals surface area contributed by atoms with E-state index in [9.17, 15) is 9.59 Å². The van der Waals surface area contributed by atoms with Crippen LogP contribution in [0.4, 0.5) is 5.69 Å². The zero-order chi connectivity index (χ0) is 20.8. The summed E-state index contributed by atoms with van der Waals surface area (Å²) in [7, 11) is 0. The smallest absolute Gasteiger partial charge is 0.262 e. The average Bonchev–Trinajstić information content (AvgIpc) is 2.79. The predicted octanol–water partition coefficient (Wildman–Crippen LogP) is 3.98. The Kier molecular flexibility index (Phi) is 6.54. The zero-order valence-electron chi connectivity index (χ0n) is 16.7. The normalized spacial score (nSPS) is 13.8. The second kappa shape index (κ2) is 9.67. The molecule has 5 nitrogen and oxygen atoms in total. The first kappa shape index (κ1) is 20.3. The van der Waals surface area contributed by atoms with Gasteiger partial charge in [-0.25, -0.2) is 0 Å². The third kappa shape index (κ3) is 5.33. The highest BCUT2D eigenvalue weighted by atomic mass is 32.2. The van der Waals surface area contributed by atoms with Crippen molar-refractivity contribution >= 4 is 40.0 Å². The van der Waals surface area contributed by atoms with Gasteiger partial charge in [0.2, 0.25) is 5.91 Å².